The lowest BCUT2D eigenvalue weighted by atomic mass is 10.1. The quantitative estimate of drug-likeness (QED) is 0.591. The van der Waals surface area contributed by atoms with Crippen LogP contribution in [0.15, 0.2) is 83.0 Å². The molecule has 5 heteroatoms. The molecule has 0 saturated carbocycles. The van der Waals surface area contributed by atoms with Gasteiger partial charge in [-0.15, -0.1) is 0 Å². The summed E-state index contributed by atoms with van der Waals surface area (Å²) in [6, 6.07) is 20.8. The third-order valence-electron chi connectivity index (χ3n) is 3.95. The molecular weight excluding hydrogens is 316 g/mol. The summed E-state index contributed by atoms with van der Waals surface area (Å²) in [5.74, 6) is -0.401. The molecule has 0 spiro atoms. The molecule has 0 aliphatic carbocycles. The first-order valence-electron chi connectivity index (χ1n) is 7.78. The fraction of sp³-hybridized carbons (Fsp3) is 0. The van der Waals surface area contributed by atoms with E-state index in [0.29, 0.717) is 11.4 Å². The summed E-state index contributed by atoms with van der Waals surface area (Å²) in [7, 11) is 0. The maximum atomic E-state index is 12.5. The van der Waals surface area contributed by atoms with Gasteiger partial charge in [0.2, 0.25) is 0 Å². The fourth-order valence-electron chi connectivity index (χ4n) is 2.69. The predicted molar refractivity (Wildman–Crippen MR) is 94.2 cm³/mol. The summed E-state index contributed by atoms with van der Waals surface area (Å²) in [5, 5.41) is 1.24. The zero-order chi connectivity index (χ0) is 17.2. The van der Waals surface area contributed by atoms with Crippen molar-refractivity contribution in [2.24, 2.45) is 0 Å². The highest BCUT2D eigenvalue weighted by Crippen LogP contribution is 2.25. The number of hydrogen-bond acceptors (Lipinski definition) is 3. The van der Waals surface area contributed by atoms with Crippen LogP contribution in [0.1, 0.15) is 5.76 Å². The van der Waals surface area contributed by atoms with E-state index in [4.69, 9.17) is 4.42 Å². The Morgan fingerprint density at radius 1 is 0.840 bits per heavy atom. The first-order chi connectivity index (χ1) is 12.2. The molecule has 1 saturated heterocycles. The molecule has 2 amide bonds. The molecule has 4 rings (SSSR count). The Labute approximate surface area is 144 Å². The molecule has 25 heavy (non-hydrogen) atoms. The summed E-state index contributed by atoms with van der Waals surface area (Å²) < 4.78 is 5.17. The van der Waals surface area contributed by atoms with E-state index in [2.05, 4.69) is 5.43 Å². The summed E-state index contributed by atoms with van der Waals surface area (Å²) in [6.45, 7) is 0. The smallest absolute Gasteiger partial charge is 0.282 e. The second kappa shape index (κ2) is 6.13. The van der Waals surface area contributed by atoms with Crippen LogP contribution in [0.5, 0.6) is 0 Å². The van der Waals surface area contributed by atoms with E-state index in [9.17, 15) is 9.59 Å². The van der Waals surface area contributed by atoms with E-state index in [0.717, 1.165) is 11.1 Å². The predicted octanol–water partition coefficient (Wildman–Crippen LogP) is 3.41. The Hall–Kier alpha value is -3.60. The van der Waals surface area contributed by atoms with E-state index >= 15 is 0 Å². The molecule has 1 aliphatic rings. The molecule has 2 heterocycles. The molecule has 1 aromatic heterocycles. The van der Waals surface area contributed by atoms with Gasteiger partial charge in [0, 0.05) is 0 Å². The van der Waals surface area contributed by atoms with E-state index in [1.165, 1.54) is 17.3 Å². The Bertz CT molecular complexity index is 942. The number of hydrazine groups is 1. The molecule has 0 unspecified atom stereocenters. The summed E-state index contributed by atoms with van der Waals surface area (Å²) >= 11 is 0. The Kier molecular flexibility index (Phi) is 3.67. The van der Waals surface area contributed by atoms with Crippen molar-refractivity contribution < 1.29 is 14.0 Å². The van der Waals surface area contributed by atoms with Gasteiger partial charge in [0.15, 0.2) is 0 Å². The maximum absolute atomic E-state index is 12.5. The Balaban J connectivity index is 1.60. The first-order valence-corrected chi connectivity index (χ1v) is 7.78. The minimum atomic E-state index is -0.450. The molecule has 2 aromatic carbocycles. The monoisotopic (exact) mass is 330 g/mol. The molecule has 0 bridgehead atoms. The fourth-order valence-corrected chi connectivity index (χ4v) is 2.69. The van der Waals surface area contributed by atoms with Crippen LogP contribution in [0.3, 0.4) is 0 Å². The van der Waals surface area contributed by atoms with Crippen molar-refractivity contribution in [3.63, 3.8) is 0 Å². The molecule has 3 aromatic rings. The molecule has 5 nitrogen and oxygen atoms in total. The van der Waals surface area contributed by atoms with Crippen molar-refractivity contribution in [3.8, 4) is 11.1 Å². The largest absolute Gasteiger partial charge is 0.465 e. The summed E-state index contributed by atoms with van der Waals surface area (Å²) in [4.78, 5) is 24.6. The van der Waals surface area contributed by atoms with Gasteiger partial charge in [-0.2, -0.15) is 0 Å². The van der Waals surface area contributed by atoms with Crippen LogP contribution < -0.4 is 10.4 Å². The zero-order valence-corrected chi connectivity index (χ0v) is 13.2. The molecular formula is C20H14N2O3. The summed E-state index contributed by atoms with van der Waals surface area (Å²) in [6.07, 6.45) is 2.93. The first kappa shape index (κ1) is 15.0. The van der Waals surface area contributed by atoms with Crippen LogP contribution in [0.25, 0.3) is 17.2 Å². The van der Waals surface area contributed by atoms with Crippen LogP contribution in [0, 0.1) is 0 Å². The lowest BCUT2D eigenvalue weighted by Gasteiger charge is -2.15. The van der Waals surface area contributed by atoms with Crippen molar-refractivity contribution in [1.82, 2.24) is 5.43 Å². The Morgan fingerprint density at radius 2 is 1.56 bits per heavy atom. The number of carbonyl (C=O) groups excluding carboxylic acids is 2. The van der Waals surface area contributed by atoms with Gasteiger partial charge >= 0.3 is 0 Å². The minimum absolute atomic E-state index is 0.0436. The van der Waals surface area contributed by atoms with Crippen molar-refractivity contribution in [3.05, 3.63) is 84.3 Å². The van der Waals surface area contributed by atoms with Gasteiger partial charge in [-0.25, -0.2) is 5.01 Å². The van der Waals surface area contributed by atoms with Gasteiger partial charge in [0.25, 0.3) is 11.8 Å². The number of anilines is 1. The van der Waals surface area contributed by atoms with Crippen LogP contribution in [0.4, 0.5) is 5.69 Å². The van der Waals surface area contributed by atoms with E-state index in [-0.39, 0.29) is 5.57 Å². The van der Waals surface area contributed by atoms with Crippen molar-refractivity contribution >= 4 is 23.6 Å². The SMILES string of the molecule is O=C1NN(c2ccc(-c3ccccc3)cc2)C(=O)C1=Cc1ccco1. The number of amides is 2. The van der Waals surface area contributed by atoms with Crippen molar-refractivity contribution in [2.75, 3.05) is 5.01 Å². The van der Waals surface area contributed by atoms with Gasteiger partial charge in [0.1, 0.15) is 11.3 Å². The topological polar surface area (TPSA) is 62.6 Å². The second-order valence-corrected chi connectivity index (χ2v) is 5.57. The van der Waals surface area contributed by atoms with E-state index in [1.54, 1.807) is 24.3 Å². The number of carbonyl (C=O) groups is 2. The lowest BCUT2D eigenvalue weighted by molar-refractivity contribution is -0.117. The molecule has 1 fully saturated rings. The molecule has 0 radical (unpaired) electrons. The van der Waals surface area contributed by atoms with Crippen LogP contribution in [-0.2, 0) is 9.59 Å². The number of furan rings is 1. The maximum Gasteiger partial charge on any atom is 0.282 e. The molecule has 122 valence electrons. The normalized spacial score (nSPS) is 15.7. The number of nitrogens with one attached hydrogen (secondary N) is 1. The molecule has 0 atom stereocenters. The number of benzene rings is 2. The average Bonchev–Trinajstić information content (AvgIpc) is 3.26. The third-order valence-corrected chi connectivity index (χ3v) is 3.95. The van der Waals surface area contributed by atoms with Gasteiger partial charge in [-0.1, -0.05) is 42.5 Å². The van der Waals surface area contributed by atoms with Crippen molar-refractivity contribution in [1.29, 1.82) is 0 Å². The van der Waals surface area contributed by atoms with Gasteiger partial charge in [0.05, 0.1) is 12.0 Å². The molecule has 1 aliphatic heterocycles. The number of rotatable bonds is 3. The molecule has 1 N–H and O–H groups in total. The lowest BCUT2D eigenvalue weighted by Crippen LogP contribution is -2.35. The number of nitrogens with zero attached hydrogens (tertiary/aromatic N) is 1. The van der Waals surface area contributed by atoms with E-state index in [1.807, 2.05) is 42.5 Å². The average molecular weight is 330 g/mol. The van der Waals surface area contributed by atoms with Crippen LogP contribution in [0.2, 0.25) is 0 Å². The van der Waals surface area contributed by atoms with Gasteiger partial charge < -0.3 is 4.42 Å². The highest BCUT2D eigenvalue weighted by molar-refractivity contribution is 6.31. The number of hydrogen-bond donors (Lipinski definition) is 1. The van der Waals surface area contributed by atoms with Gasteiger partial charge in [-0.05, 0) is 41.5 Å². The van der Waals surface area contributed by atoms with E-state index < -0.39 is 11.8 Å². The zero-order valence-electron chi connectivity index (χ0n) is 13.2. The standard InChI is InChI=1S/C20H14N2O3/c23-19-18(13-17-7-4-12-25-17)20(24)22(21-19)16-10-8-15(9-11-16)14-5-2-1-3-6-14/h1-13H,(H,21,23). The highest BCUT2D eigenvalue weighted by atomic mass is 16.3. The van der Waals surface area contributed by atoms with Crippen LogP contribution >= 0.6 is 0 Å². The summed E-state index contributed by atoms with van der Waals surface area (Å²) in [5.41, 5.74) is 5.34. The third kappa shape index (κ3) is 2.83. The second-order valence-electron chi connectivity index (χ2n) is 5.57. The minimum Gasteiger partial charge on any atom is -0.465 e. The van der Waals surface area contributed by atoms with Crippen LogP contribution in [-0.4, -0.2) is 11.8 Å². The highest BCUT2D eigenvalue weighted by Gasteiger charge is 2.34. The van der Waals surface area contributed by atoms with Crippen molar-refractivity contribution in [2.45, 2.75) is 0 Å². The Morgan fingerprint density at radius 3 is 2.24 bits per heavy atom. The van der Waals surface area contributed by atoms with Gasteiger partial charge in [-0.3, -0.25) is 15.0 Å².